The van der Waals surface area contributed by atoms with Gasteiger partial charge in [-0.05, 0) is 60.6 Å². The predicted octanol–water partition coefficient (Wildman–Crippen LogP) is 7.56. The van der Waals surface area contributed by atoms with E-state index in [0.29, 0.717) is 72.3 Å². The fraction of sp³-hybridized carbons (Fsp3) is 0.528. The summed E-state index contributed by atoms with van der Waals surface area (Å²) < 4.78 is 37.4. The highest BCUT2D eigenvalue weighted by Crippen LogP contribution is 2.55. The highest BCUT2D eigenvalue weighted by molar-refractivity contribution is 7.13. The Morgan fingerprint density at radius 1 is 0.972 bits per heavy atom. The summed E-state index contributed by atoms with van der Waals surface area (Å²) >= 11 is 7.77. The van der Waals surface area contributed by atoms with Crippen molar-refractivity contribution >= 4 is 52.4 Å². The number of carbonyl (C=O) groups excluding carboxylic acids is 4. The van der Waals surface area contributed by atoms with Gasteiger partial charge in [0, 0.05) is 74.7 Å². The molecule has 0 bridgehead atoms. The van der Waals surface area contributed by atoms with E-state index >= 15 is 8.78 Å². The fourth-order valence-electron chi connectivity index (χ4n) is 10.7. The summed E-state index contributed by atoms with van der Waals surface area (Å²) in [5.74, 6) is -3.89. The maximum absolute atomic E-state index is 15.5. The van der Waals surface area contributed by atoms with Crippen LogP contribution in [-0.2, 0) is 14.4 Å². The van der Waals surface area contributed by atoms with Crippen molar-refractivity contribution in [3.63, 3.8) is 0 Å². The first-order valence-electron chi connectivity index (χ1n) is 24.4. The standard InChI is InChI=1S/C53H66ClF2N9O6S/c1-32-43(72-31-59-32)34-13-11-33(12-14-34)39(29-66)60-46(69)40-10-9-21-65(40)47(70)44(50(2,3)4)61-42(67)19-20-53(55,56)30-63-22-24-64(25-23-63)41-18-16-36(28-58-41)45(68)62-48-51(5,6)49(52(48,7)8)71-37-17-15-35(27-57)38(54)26-37/h11-18,26,28,31,39-40,44,48-49,66H,9-10,19-25,29-30H2,1-8H3,(H,60,69)(H,61,67)(H,62,68)/t39?,40-,44+,48?,49?/m0/s1. The van der Waals surface area contributed by atoms with Crippen molar-refractivity contribution in [1.29, 1.82) is 5.26 Å². The van der Waals surface area contributed by atoms with Crippen LogP contribution in [0.25, 0.3) is 10.4 Å². The lowest BCUT2D eigenvalue weighted by atomic mass is 9.49. The minimum atomic E-state index is -3.19. The van der Waals surface area contributed by atoms with Gasteiger partial charge in [-0.2, -0.15) is 5.26 Å². The maximum atomic E-state index is 15.5. The lowest BCUT2D eigenvalue weighted by molar-refractivity contribution is -0.164. The van der Waals surface area contributed by atoms with Crippen LogP contribution in [0.1, 0.15) is 107 Å². The molecule has 1 unspecified atom stereocenters. The van der Waals surface area contributed by atoms with Gasteiger partial charge in [0.05, 0.1) is 51.4 Å². The van der Waals surface area contributed by atoms with E-state index < -0.39 is 77.4 Å². The number of amides is 4. The summed E-state index contributed by atoms with van der Waals surface area (Å²) in [4.78, 5) is 69.7. The number of ether oxygens (including phenoxy) is 1. The predicted molar refractivity (Wildman–Crippen MR) is 273 cm³/mol. The number of nitrogens with one attached hydrogen (secondary N) is 3. The Morgan fingerprint density at radius 2 is 1.67 bits per heavy atom. The van der Waals surface area contributed by atoms with Crippen LogP contribution in [0.15, 0.2) is 66.3 Å². The first kappa shape index (κ1) is 54.0. The summed E-state index contributed by atoms with van der Waals surface area (Å²) in [6.07, 6.45) is 0.984. The molecule has 3 fully saturated rings. The van der Waals surface area contributed by atoms with Crippen LogP contribution >= 0.6 is 22.9 Å². The fourth-order valence-corrected chi connectivity index (χ4v) is 11.7. The van der Waals surface area contributed by atoms with E-state index in [0.717, 1.165) is 16.1 Å². The number of nitrogens with zero attached hydrogens (tertiary/aromatic N) is 6. The summed E-state index contributed by atoms with van der Waals surface area (Å²) in [7, 11) is 0. The van der Waals surface area contributed by atoms with Crippen molar-refractivity contribution in [3.8, 4) is 22.3 Å². The number of pyridine rings is 1. The number of benzene rings is 2. The smallest absolute Gasteiger partial charge is 0.261 e. The van der Waals surface area contributed by atoms with Crippen molar-refractivity contribution in [2.24, 2.45) is 16.2 Å². The lowest BCUT2D eigenvalue weighted by Crippen LogP contribution is -2.74. The Bertz CT molecular complexity index is 2630. The molecule has 15 nitrogen and oxygen atoms in total. The molecule has 2 saturated heterocycles. The van der Waals surface area contributed by atoms with E-state index in [1.807, 2.05) is 69.9 Å². The number of rotatable bonds is 17. The molecular weight excluding hydrogens is 964 g/mol. The van der Waals surface area contributed by atoms with Gasteiger partial charge in [-0.25, -0.2) is 18.7 Å². The number of aromatic nitrogens is 2. The summed E-state index contributed by atoms with van der Waals surface area (Å²) in [5, 5.41) is 28.6. The number of aliphatic hydroxyl groups excluding tert-OH is 1. The first-order valence-corrected chi connectivity index (χ1v) is 25.7. The summed E-state index contributed by atoms with van der Waals surface area (Å²) in [6, 6.07) is 15.1. The van der Waals surface area contributed by atoms with Crippen LogP contribution in [0.5, 0.6) is 5.75 Å². The van der Waals surface area contributed by atoms with Gasteiger partial charge in [0.15, 0.2) is 0 Å². The molecule has 19 heteroatoms. The third kappa shape index (κ3) is 12.0. The molecule has 3 aliphatic rings. The Morgan fingerprint density at radius 3 is 2.25 bits per heavy atom. The molecule has 2 aliphatic heterocycles. The first-order chi connectivity index (χ1) is 33.9. The monoisotopic (exact) mass is 1030 g/mol. The maximum Gasteiger partial charge on any atom is 0.261 e. The molecule has 4 heterocycles. The average Bonchev–Trinajstić information content (AvgIpc) is 4.02. The molecule has 0 spiro atoms. The number of hydrogen-bond donors (Lipinski definition) is 4. The molecule has 4 amide bonds. The average molecular weight is 1030 g/mol. The third-order valence-electron chi connectivity index (χ3n) is 14.4. The van der Waals surface area contributed by atoms with Crippen LogP contribution in [0.2, 0.25) is 5.02 Å². The molecule has 1 saturated carbocycles. The molecule has 4 aromatic rings. The van der Waals surface area contributed by atoms with Crippen LogP contribution in [0.4, 0.5) is 14.6 Å². The van der Waals surface area contributed by atoms with Gasteiger partial charge in [0.1, 0.15) is 35.8 Å². The number of hydrogen-bond acceptors (Lipinski definition) is 12. The molecule has 7 rings (SSSR count). The van der Waals surface area contributed by atoms with Crippen LogP contribution < -0.4 is 25.6 Å². The number of thiazole rings is 1. The molecule has 386 valence electrons. The van der Waals surface area contributed by atoms with Crippen molar-refractivity contribution in [1.82, 2.24) is 35.7 Å². The molecule has 72 heavy (non-hydrogen) atoms. The Balaban J connectivity index is 0.859. The van der Waals surface area contributed by atoms with E-state index in [-0.39, 0.29) is 31.2 Å². The van der Waals surface area contributed by atoms with Gasteiger partial charge < -0.3 is 35.6 Å². The molecule has 0 radical (unpaired) electrons. The van der Waals surface area contributed by atoms with Crippen molar-refractivity contribution in [2.45, 2.75) is 117 Å². The van der Waals surface area contributed by atoms with Gasteiger partial charge in [-0.15, -0.1) is 11.3 Å². The summed E-state index contributed by atoms with van der Waals surface area (Å²) in [5.41, 5.74) is 3.40. The van der Waals surface area contributed by atoms with E-state index in [4.69, 9.17) is 16.3 Å². The zero-order valence-electron chi connectivity index (χ0n) is 42.2. The van der Waals surface area contributed by atoms with Gasteiger partial charge in [-0.1, -0.05) is 84.3 Å². The lowest BCUT2D eigenvalue weighted by Gasteiger charge is -2.63. The molecule has 3 atom stereocenters. The number of likely N-dealkylation sites (tertiary alicyclic amines) is 1. The van der Waals surface area contributed by atoms with E-state index in [2.05, 4.69) is 25.9 Å². The van der Waals surface area contributed by atoms with Gasteiger partial charge >= 0.3 is 0 Å². The highest BCUT2D eigenvalue weighted by atomic mass is 35.5. The van der Waals surface area contributed by atoms with E-state index in [1.165, 1.54) is 22.4 Å². The number of anilines is 1. The topological polar surface area (TPSA) is 193 Å². The van der Waals surface area contributed by atoms with Gasteiger partial charge in [0.2, 0.25) is 17.7 Å². The zero-order chi connectivity index (χ0) is 52.3. The number of aryl methyl sites for hydroxylation is 1. The number of carbonyl (C=O) groups is 4. The van der Waals surface area contributed by atoms with Gasteiger partial charge in [0.25, 0.3) is 11.8 Å². The Hall–Kier alpha value is -5.74. The quantitative estimate of drug-likeness (QED) is 0.0816. The Labute approximate surface area is 429 Å². The highest BCUT2D eigenvalue weighted by Gasteiger charge is 2.64. The van der Waals surface area contributed by atoms with Gasteiger partial charge in [-0.3, -0.25) is 24.1 Å². The minimum absolute atomic E-state index is 0.237. The number of alkyl halides is 2. The van der Waals surface area contributed by atoms with Crippen LogP contribution in [0, 0.1) is 34.5 Å². The molecule has 2 aromatic carbocycles. The SMILES string of the molecule is Cc1ncsc1-c1ccc(C(CO)NC(=O)[C@@H]2CCCN2C(=O)[C@@H](NC(=O)CCC(F)(F)CN2CCN(c3ccc(C(=O)NC4C(C)(C)C(Oc5ccc(C#N)c(Cl)c5)C4(C)C)cn3)CC2)C(C)(C)C)cc1. The van der Waals surface area contributed by atoms with Crippen LogP contribution in [0.3, 0.4) is 0 Å². The van der Waals surface area contributed by atoms with Crippen molar-refractivity contribution in [2.75, 3.05) is 50.8 Å². The van der Waals surface area contributed by atoms with Crippen molar-refractivity contribution in [3.05, 3.63) is 93.7 Å². The second kappa shape index (κ2) is 21.8. The van der Waals surface area contributed by atoms with E-state index in [9.17, 15) is 29.5 Å². The molecule has 1 aliphatic carbocycles. The third-order valence-corrected chi connectivity index (χ3v) is 15.7. The number of aliphatic hydroxyl groups is 1. The van der Waals surface area contributed by atoms with Crippen LogP contribution in [-0.4, -0.2) is 125 Å². The molecular formula is C53H66ClF2N9O6S. The zero-order valence-corrected chi connectivity index (χ0v) is 43.8. The van der Waals surface area contributed by atoms with Crippen molar-refractivity contribution < 1.29 is 37.8 Å². The summed E-state index contributed by atoms with van der Waals surface area (Å²) in [6.45, 7) is 16.3. The number of halogens is 3. The minimum Gasteiger partial charge on any atom is -0.489 e. The normalized spacial score (nSPS) is 20.7. The second-order valence-electron chi connectivity index (χ2n) is 21.5. The molecule has 4 N–H and O–H groups in total. The number of piperazine rings is 1. The Kier molecular flexibility index (Phi) is 16.3. The molecule has 2 aromatic heterocycles. The largest absolute Gasteiger partial charge is 0.489 e. The second-order valence-corrected chi connectivity index (χ2v) is 22.8. The number of nitriles is 1. The van der Waals surface area contributed by atoms with E-state index in [1.54, 1.807) is 61.5 Å².